The summed E-state index contributed by atoms with van der Waals surface area (Å²) in [5.74, 6) is -0.215. The molecule has 2 aromatic rings. The van der Waals surface area contributed by atoms with Crippen molar-refractivity contribution in [3.63, 3.8) is 0 Å². The molecule has 106 valence electrons. The minimum atomic E-state index is -0.466. The molecule has 0 bridgehead atoms. The van der Waals surface area contributed by atoms with Gasteiger partial charge in [-0.3, -0.25) is 4.79 Å². The molecule has 0 fully saturated rings. The number of nitrogens with two attached hydrogens (primary N) is 1. The van der Waals surface area contributed by atoms with Crippen molar-refractivity contribution in [3.05, 3.63) is 28.2 Å². The van der Waals surface area contributed by atoms with Crippen molar-refractivity contribution >= 4 is 46.8 Å². The second-order valence-corrected chi connectivity index (χ2v) is 5.19. The fourth-order valence-electron chi connectivity index (χ4n) is 1.39. The summed E-state index contributed by atoms with van der Waals surface area (Å²) in [6.07, 6.45) is 1.78. The number of rotatable bonds is 4. The van der Waals surface area contributed by atoms with Gasteiger partial charge in [-0.1, -0.05) is 41.0 Å². The molecule has 0 aliphatic carbocycles. The highest BCUT2D eigenvalue weighted by Crippen LogP contribution is 2.32. The first kappa shape index (κ1) is 15.0. The summed E-state index contributed by atoms with van der Waals surface area (Å²) < 4.78 is 6.30. The number of nitrogen functional groups attached to an aromatic ring is 1. The van der Waals surface area contributed by atoms with Gasteiger partial charge in [0.2, 0.25) is 11.1 Å². The van der Waals surface area contributed by atoms with Gasteiger partial charge < -0.3 is 10.5 Å². The Bertz CT molecular complexity index is 627. The minimum absolute atomic E-state index is 0.00760. The Kier molecular flexibility index (Phi) is 4.74. The Morgan fingerprint density at radius 2 is 2.10 bits per heavy atom. The number of aromatic nitrogens is 3. The second-order valence-electron chi connectivity index (χ2n) is 3.60. The molecule has 2 N–H and O–H groups in total. The van der Waals surface area contributed by atoms with Gasteiger partial charge in [0.05, 0.1) is 10.0 Å². The predicted octanol–water partition coefficient (Wildman–Crippen LogP) is 2.61. The number of carbonyl (C=O) groups is 1. The smallest absolute Gasteiger partial charge is 0.288 e. The van der Waals surface area contributed by atoms with Crippen LogP contribution in [-0.4, -0.2) is 33.5 Å². The molecule has 0 radical (unpaired) electrons. The van der Waals surface area contributed by atoms with Crippen LogP contribution in [0, 0.1) is 0 Å². The van der Waals surface area contributed by atoms with Crippen molar-refractivity contribution in [2.24, 2.45) is 0 Å². The van der Waals surface area contributed by atoms with Crippen LogP contribution in [0.4, 0.5) is 5.95 Å². The number of ether oxygens (including phenoxy) is 1. The molecular formula is C11H10Cl2N4O2S. The van der Waals surface area contributed by atoms with Gasteiger partial charge in [0.15, 0.2) is 12.4 Å². The fourth-order valence-corrected chi connectivity index (χ4v) is 2.24. The van der Waals surface area contributed by atoms with Crippen molar-refractivity contribution < 1.29 is 9.53 Å². The highest BCUT2D eigenvalue weighted by atomic mass is 35.5. The highest BCUT2D eigenvalue weighted by molar-refractivity contribution is 7.98. The molecule has 0 aliphatic heterocycles. The molecule has 0 spiro atoms. The van der Waals surface area contributed by atoms with E-state index >= 15 is 0 Å². The quantitative estimate of drug-likeness (QED) is 0.866. The second kappa shape index (κ2) is 6.34. The lowest BCUT2D eigenvalue weighted by Crippen LogP contribution is -2.22. The molecule has 0 aliphatic rings. The van der Waals surface area contributed by atoms with Crippen LogP contribution in [0.2, 0.25) is 10.0 Å². The number of benzene rings is 1. The molecule has 1 aromatic carbocycles. The molecule has 1 aromatic heterocycles. The average Bonchev–Trinajstić information content (AvgIpc) is 2.79. The predicted molar refractivity (Wildman–Crippen MR) is 78.8 cm³/mol. The van der Waals surface area contributed by atoms with E-state index in [0.29, 0.717) is 15.2 Å². The number of nitrogens with zero attached hydrogens (tertiary/aromatic N) is 3. The van der Waals surface area contributed by atoms with E-state index in [2.05, 4.69) is 10.1 Å². The number of thioether (sulfide) groups is 1. The summed E-state index contributed by atoms with van der Waals surface area (Å²) in [4.78, 5) is 15.9. The van der Waals surface area contributed by atoms with Gasteiger partial charge in [0.25, 0.3) is 5.91 Å². The molecule has 6 nitrogen and oxygen atoms in total. The van der Waals surface area contributed by atoms with Crippen LogP contribution >= 0.6 is 35.0 Å². The molecule has 0 amide bonds. The van der Waals surface area contributed by atoms with Crippen LogP contribution < -0.4 is 10.5 Å². The van der Waals surface area contributed by atoms with Gasteiger partial charge >= 0.3 is 0 Å². The first-order valence-corrected chi connectivity index (χ1v) is 7.37. The van der Waals surface area contributed by atoms with Crippen molar-refractivity contribution in [3.8, 4) is 5.75 Å². The van der Waals surface area contributed by atoms with Crippen LogP contribution in [-0.2, 0) is 0 Å². The summed E-state index contributed by atoms with van der Waals surface area (Å²) in [6.45, 7) is -0.301. The zero-order valence-electron chi connectivity index (χ0n) is 10.3. The summed E-state index contributed by atoms with van der Waals surface area (Å²) in [7, 11) is 0. The Balaban J connectivity index is 2.10. The molecule has 20 heavy (non-hydrogen) atoms. The largest absolute Gasteiger partial charge is 0.481 e. The van der Waals surface area contributed by atoms with Gasteiger partial charge in [-0.15, -0.1) is 5.10 Å². The molecule has 2 rings (SSSR count). The van der Waals surface area contributed by atoms with Crippen LogP contribution in [0.15, 0.2) is 23.4 Å². The topological polar surface area (TPSA) is 83.0 Å². The maximum atomic E-state index is 12.0. The van der Waals surface area contributed by atoms with Gasteiger partial charge in [-0.2, -0.15) is 9.67 Å². The van der Waals surface area contributed by atoms with Crippen LogP contribution in [0.5, 0.6) is 5.75 Å². The molecule has 0 atom stereocenters. The monoisotopic (exact) mass is 332 g/mol. The normalized spacial score (nSPS) is 10.6. The number of halogens is 2. The van der Waals surface area contributed by atoms with Crippen LogP contribution in [0.3, 0.4) is 0 Å². The van der Waals surface area contributed by atoms with Gasteiger partial charge in [-0.25, -0.2) is 0 Å². The van der Waals surface area contributed by atoms with E-state index in [4.69, 9.17) is 33.7 Å². The van der Waals surface area contributed by atoms with Crippen LogP contribution in [0.1, 0.15) is 4.79 Å². The van der Waals surface area contributed by atoms with E-state index in [9.17, 15) is 4.79 Å². The van der Waals surface area contributed by atoms with E-state index in [1.165, 1.54) is 11.8 Å². The zero-order chi connectivity index (χ0) is 14.7. The lowest BCUT2D eigenvalue weighted by Gasteiger charge is -2.08. The molecule has 0 saturated carbocycles. The van der Waals surface area contributed by atoms with Gasteiger partial charge in [-0.05, 0) is 18.4 Å². The number of hydrogen-bond acceptors (Lipinski definition) is 6. The average molecular weight is 333 g/mol. The molecule has 0 unspecified atom stereocenters. The number of carbonyl (C=O) groups excluding carboxylic acids is 1. The molecule has 1 heterocycles. The maximum Gasteiger partial charge on any atom is 0.288 e. The minimum Gasteiger partial charge on any atom is -0.481 e. The number of anilines is 1. The van der Waals surface area contributed by atoms with E-state index in [1.807, 2.05) is 0 Å². The first-order valence-electron chi connectivity index (χ1n) is 5.39. The van der Waals surface area contributed by atoms with Crippen molar-refractivity contribution in [1.29, 1.82) is 0 Å². The van der Waals surface area contributed by atoms with Crippen molar-refractivity contribution in [1.82, 2.24) is 14.8 Å². The number of hydrogen-bond donors (Lipinski definition) is 1. The van der Waals surface area contributed by atoms with E-state index in [0.717, 1.165) is 4.68 Å². The lowest BCUT2D eigenvalue weighted by atomic mass is 10.3. The first-order chi connectivity index (χ1) is 9.52. The van der Waals surface area contributed by atoms with Gasteiger partial charge in [0.1, 0.15) is 0 Å². The maximum absolute atomic E-state index is 12.0. The van der Waals surface area contributed by atoms with Crippen LogP contribution in [0.25, 0.3) is 0 Å². The molecule has 0 saturated heterocycles. The Labute approximate surface area is 129 Å². The Morgan fingerprint density at radius 3 is 2.65 bits per heavy atom. The third kappa shape index (κ3) is 3.17. The SMILES string of the molecule is CSc1nc(N)n(C(=O)COc2c(Cl)cccc2Cl)n1. The summed E-state index contributed by atoms with van der Waals surface area (Å²) in [5.41, 5.74) is 5.59. The van der Waals surface area contributed by atoms with E-state index in [1.54, 1.807) is 24.5 Å². The Hall–Kier alpha value is -1.44. The third-order valence-electron chi connectivity index (χ3n) is 2.29. The standard InChI is InChI=1S/C11H10Cl2N4O2S/c1-20-11-15-10(14)17(16-11)8(18)5-19-9-6(12)3-2-4-7(9)13/h2-4H,5H2,1H3,(H2,14,15,16). The van der Waals surface area contributed by atoms with Crippen molar-refractivity contribution in [2.75, 3.05) is 18.6 Å². The van der Waals surface area contributed by atoms with E-state index < -0.39 is 5.91 Å². The number of para-hydroxylation sites is 1. The molecular weight excluding hydrogens is 323 g/mol. The third-order valence-corrected chi connectivity index (χ3v) is 3.42. The lowest BCUT2D eigenvalue weighted by molar-refractivity contribution is 0.0823. The summed E-state index contributed by atoms with van der Waals surface area (Å²) in [5, 5.41) is 4.98. The summed E-state index contributed by atoms with van der Waals surface area (Å²) in [6, 6.07) is 4.91. The summed E-state index contributed by atoms with van der Waals surface area (Å²) >= 11 is 13.1. The van der Waals surface area contributed by atoms with Gasteiger partial charge in [0, 0.05) is 0 Å². The highest BCUT2D eigenvalue weighted by Gasteiger charge is 2.15. The Morgan fingerprint density at radius 1 is 1.45 bits per heavy atom. The van der Waals surface area contributed by atoms with E-state index in [-0.39, 0.29) is 18.3 Å². The fraction of sp³-hybridized carbons (Fsp3) is 0.182. The molecule has 9 heteroatoms. The zero-order valence-corrected chi connectivity index (χ0v) is 12.7. The van der Waals surface area contributed by atoms with Crippen molar-refractivity contribution in [2.45, 2.75) is 5.16 Å².